The number of alkyl halides is 3. The zero-order valence-electron chi connectivity index (χ0n) is 23.0. The van der Waals surface area contributed by atoms with Gasteiger partial charge in [-0.3, -0.25) is 0 Å². The molecule has 0 amide bonds. The quantitative estimate of drug-likeness (QED) is 0.208. The average Bonchev–Trinajstić information content (AvgIpc) is 2.79. The predicted molar refractivity (Wildman–Crippen MR) is 141 cm³/mol. The van der Waals surface area contributed by atoms with Crippen molar-refractivity contribution in [2.45, 2.75) is 105 Å². The van der Waals surface area contributed by atoms with Crippen molar-refractivity contribution in [2.75, 3.05) is 13.9 Å². The summed E-state index contributed by atoms with van der Waals surface area (Å²) in [6, 6.07) is 2.03. The Hall–Kier alpha value is -2.21. The van der Waals surface area contributed by atoms with Crippen molar-refractivity contribution in [3.8, 4) is 11.5 Å². The van der Waals surface area contributed by atoms with E-state index in [2.05, 4.69) is 39.8 Å². The van der Waals surface area contributed by atoms with Gasteiger partial charge in [-0.1, -0.05) is 29.4 Å². The van der Waals surface area contributed by atoms with Crippen molar-refractivity contribution >= 4 is 0 Å². The van der Waals surface area contributed by atoms with Crippen molar-refractivity contribution in [1.82, 2.24) is 0 Å². The zero-order chi connectivity index (χ0) is 26.9. The van der Waals surface area contributed by atoms with Crippen LogP contribution in [0.2, 0.25) is 0 Å². The van der Waals surface area contributed by atoms with Gasteiger partial charge in [0.05, 0.1) is 0 Å². The van der Waals surface area contributed by atoms with Crippen molar-refractivity contribution in [3.05, 3.63) is 57.7 Å². The molecule has 0 saturated heterocycles. The summed E-state index contributed by atoms with van der Waals surface area (Å²) in [5.41, 5.74) is 5.20. The lowest BCUT2D eigenvalue weighted by Gasteiger charge is -2.37. The van der Waals surface area contributed by atoms with Crippen LogP contribution in [0.15, 0.2) is 41.0 Å². The number of rotatable bonds is 12. The van der Waals surface area contributed by atoms with Crippen molar-refractivity contribution in [1.29, 1.82) is 0 Å². The fourth-order valence-corrected chi connectivity index (χ4v) is 4.51. The fourth-order valence-electron chi connectivity index (χ4n) is 4.51. The molecule has 1 aromatic carbocycles. The highest BCUT2D eigenvalue weighted by atomic mass is 19.4. The lowest BCUT2D eigenvalue weighted by Crippen LogP contribution is -2.36. The summed E-state index contributed by atoms with van der Waals surface area (Å²) in [5.74, 6) is 1.85. The smallest absolute Gasteiger partial charge is 0.412 e. The number of allylic oxidation sites excluding steroid dienone is 6. The van der Waals surface area contributed by atoms with Crippen LogP contribution in [0.3, 0.4) is 0 Å². The van der Waals surface area contributed by atoms with Crippen LogP contribution in [0.4, 0.5) is 13.2 Å². The summed E-state index contributed by atoms with van der Waals surface area (Å²) in [4.78, 5) is 0. The van der Waals surface area contributed by atoms with E-state index in [1.807, 2.05) is 13.0 Å². The second-order valence-electron chi connectivity index (χ2n) is 10.3. The molecule has 1 aliphatic heterocycles. The van der Waals surface area contributed by atoms with Gasteiger partial charge in [0.2, 0.25) is 0 Å². The molecule has 36 heavy (non-hydrogen) atoms. The zero-order valence-corrected chi connectivity index (χ0v) is 23.0. The third kappa shape index (κ3) is 9.02. The first kappa shape index (κ1) is 30.0. The molecule has 1 unspecified atom stereocenters. The van der Waals surface area contributed by atoms with Gasteiger partial charge in [-0.25, -0.2) is 0 Å². The maximum Gasteiger partial charge on any atom is 0.412 e. The van der Waals surface area contributed by atoms with E-state index >= 15 is 0 Å². The van der Waals surface area contributed by atoms with Gasteiger partial charge in [-0.15, -0.1) is 0 Å². The number of aryl methyl sites for hydroxylation is 1. The Bertz CT molecular complexity index is 973. The summed E-state index contributed by atoms with van der Waals surface area (Å²) < 4.78 is 55.0. The van der Waals surface area contributed by atoms with Gasteiger partial charge < -0.3 is 14.2 Å². The number of hydrogen-bond donors (Lipinski definition) is 0. The molecule has 0 spiro atoms. The average molecular weight is 509 g/mol. The van der Waals surface area contributed by atoms with E-state index in [1.165, 1.54) is 17.2 Å². The van der Waals surface area contributed by atoms with E-state index in [1.54, 1.807) is 7.11 Å². The SMILES string of the molecule is COCOc1cc(C)c2c(c1C)CCC(C)(CC/C=C(\C)CC/C=C(\C)CC/C=C(/C)C(F)(F)F)O2. The molecule has 0 saturated carbocycles. The minimum Gasteiger partial charge on any atom is -0.487 e. The standard InChI is InChI=1S/C30H43F3O3/c1-21(13-9-15-24(4)30(31,32)33)11-8-12-22(2)14-10-17-29(6)18-16-26-25(5)27(35-20-34-7)19-23(3)28(26)36-29/h11,14-15,19H,8-10,12-13,16-18,20H2,1-7H3/b21-11+,22-14+,24-15-. The highest BCUT2D eigenvalue weighted by Crippen LogP contribution is 2.42. The molecule has 6 heteroatoms. The number of hydrogen-bond acceptors (Lipinski definition) is 3. The van der Waals surface area contributed by atoms with Gasteiger partial charge in [0, 0.05) is 18.2 Å². The molecule has 0 aliphatic carbocycles. The maximum atomic E-state index is 12.6. The normalized spacial score (nSPS) is 19.2. The van der Waals surface area contributed by atoms with Gasteiger partial charge >= 0.3 is 6.18 Å². The molecule has 0 aromatic heterocycles. The second kappa shape index (κ2) is 13.4. The lowest BCUT2D eigenvalue weighted by molar-refractivity contribution is -0.0915. The molecular weight excluding hydrogens is 465 g/mol. The van der Waals surface area contributed by atoms with Gasteiger partial charge in [0.1, 0.15) is 17.1 Å². The van der Waals surface area contributed by atoms with Crippen LogP contribution in [0.1, 0.15) is 89.3 Å². The van der Waals surface area contributed by atoms with Crippen molar-refractivity contribution < 1.29 is 27.4 Å². The van der Waals surface area contributed by atoms with E-state index in [-0.39, 0.29) is 12.4 Å². The summed E-state index contributed by atoms with van der Waals surface area (Å²) in [6.45, 7) is 11.8. The van der Waals surface area contributed by atoms with Crippen LogP contribution < -0.4 is 9.47 Å². The van der Waals surface area contributed by atoms with Crippen molar-refractivity contribution in [3.63, 3.8) is 0 Å². The van der Waals surface area contributed by atoms with Gasteiger partial charge in [0.25, 0.3) is 0 Å². The Kier molecular flexibility index (Phi) is 11.1. The topological polar surface area (TPSA) is 27.7 Å². The highest BCUT2D eigenvalue weighted by molar-refractivity contribution is 5.54. The number of ether oxygens (including phenoxy) is 3. The van der Waals surface area contributed by atoms with Crippen LogP contribution >= 0.6 is 0 Å². The van der Waals surface area contributed by atoms with E-state index in [4.69, 9.17) is 14.2 Å². The number of methoxy groups -OCH3 is 1. The Balaban J connectivity index is 1.84. The largest absolute Gasteiger partial charge is 0.487 e. The molecule has 0 bridgehead atoms. The number of fused-ring (bicyclic) bond motifs is 1. The fraction of sp³-hybridized carbons (Fsp3) is 0.600. The Morgan fingerprint density at radius 1 is 1.03 bits per heavy atom. The van der Waals surface area contributed by atoms with Gasteiger partial charge in [0.15, 0.2) is 6.79 Å². The first-order valence-electron chi connectivity index (χ1n) is 12.9. The van der Waals surface area contributed by atoms with Crippen LogP contribution in [0.5, 0.6) is 11.5 Å². The first-order valence-corrected chi connectivity index (χ1v) is 12.9. The Morgan fingerprint density at radius 2 is 1.64 bits per heavy atom. The second-order valence-corrected chi connectivity index (χ2v) is 10.3. The van der Waals surface area contributed by atoms with Crippen LogP contribution in [0, 0.1) is 13.8 Å². The predicted octanol–water partition coefficient (Wildman–Crippen LogP) is 9.11. The third-order valence-corrected chi connectivity index (χ3v) is 7.02. The lowest BCUT2D eigenvalue weighted by atomic mass is 9.86. The molecule has 1 aromatic rings. The van der Waals surface area contributed by atoms with E-state index in [0.717, 1.165) is 73.6 Å². The number of halogens is 3. The van der Waals surface area contributed by atoms with E-state index < -0.39 is 11.7 Å². The summed E-state index contributed by atoms with van der Waals surface area (Å²) in [7, 11) is 1.62. The number of benzene rings is 1. The molecule has 0 radical (unpaired) electrons. The summed E-state index contributed by atoms with van der Waals surface area (Å²) in [6.07, 6.45) is 8.28. The Labute approximate surface area is 215 Å². The minimum atomic E-state index is -4.22. The molecule has 1 atom stereocenters. The molecule has 0 fully saturated rings. The minimum absolute atomic E-state index is 0.200. The molecule has 2 rings (SSSR count). The first-order chi connectivity index (χ1) is 16.9. The molecule has 1 heterocycles. The van der Waals surface area contributed by atoms with Gasteiger partial charge in [-0.2, -0.15) is 13.2 Å². The molecule has 1 aliphatic rings. The third-order valence-electron chi connectivity index (χ3n) is 7.02. The van der Waals surface area contributed by atoms with Crippen LogP contribution in [-0.4, -0.2) is 25.7 Å². The maximum absolute atomic E-state index is 12.6. The Morgan fingerprint density at radius 3 is 2.25 bits per heavy atom. The highest BCUT2D eigenvalue weighted by Gasteiger charge is 2.33. The van der Waals surface area contributed by atoms with Gasteiger partial charge in [-0.05, 0) is 110 Å². The molecule has 3 nitrogen and oxygen atoms in total. The summed E-state index contributed by atoms with van der Waals surface area (Å²) >= 11 is 0. The van der Waals surface area contributed by atoms with Crippen molar-refractivity contribution in [2.24, 2.45) is 0 Å². The molecule has 202 valence electrons. The van der Waals surface area contributed by atoms with E-state index in [0.29, 0.717) is 12.8 Å². The molecular formula is C30H43F3O3. The monoisotopic (exact) mass is 508 g/mol. The van der Waals surface area contributed by atoms with E-state index in [9.17, 15) is 13.2 Å². The molecule has 0 N–H and O–H groups in total. The summed E-state index contributed by atoms with van der Waals surface area (Å²) in [5, 5.41) is 0. The van der Waals surface area contributed by atoms with Crippen LogP contribution in [-0.2, 0) is 11.2 Å². The van der Waals surface area contributed by atoms with Crippen LogP contribution in [0.25, 0.3) is 0 Å².